The smallest absolute Gasteiger partial charge is 0.308 e. The van der Waals surface area contributed by atoms with Crippen molar-refractivity contribution in [1.29, 1.82) is 5.26 Å². The van der Waals surface area contributed by atoms with Gasteiger partial charge in [-0.2, -0.15) is 5.26 Å². The number of hydrogen-bond acceptors (Lipinski definition) is 4. The molecule has 1 amide bonds. The number of amides is 1. The summed E-state index contributed by atoms with van der Waals surface area (Å²) in [4.78, 5) is 25.2. The Morgan fingerprint density at radius 1 is 0.938 bits per heavy atom. The highest BCUT2D eigenvalue weighted by molar-refractivity contribution is 5.85. The first-order chi connectivity index (χ1) is 15.7. The maximum absolute atomic E-state index is 12.8. The summed E-state index contributed by atoms with van der Waals surface area (Å²) in [5, 5.41) is 11.8. The maximum Gasteiger partial charge on any atom is 0.308 e. The molecule has 1 N–H and O–H groups in total. The van der Waals surface area contributed by atoms with Crippen molar-refractivity contribution in [2.45, 2.75) is 38.3 Å². The molecular weight excluding hydrogens is 402 g/mol. The molecule has 6 nitrogen and oxygen atoms in total. The minimum Gasteiger partial charge on any atom is -0.461 e. The van der Waals surface area contributed by atoms with E-state index < -0.39 is 12.0 Å². The summed E-state index contributed by atoms with van der Waals surface area (Å²) in [7, 11) is 0. The first kappa shape index (κ1) is 22.8. The Kier molecular flexibility index (Phi) is 8.64. The Morgan fingerprint density at radius 2 is 1.66 bits per heavy atom. The third kappa shape index (κ3) is 7.13. The zero-order chi connectivity index (χ0) is 22.6. The number of carbonyl (C=O) groups excluding carboxylic acids is 2. The molecule has 1 aromatic heterocycles. The molecular formula is C26H27N3O3. The van der Waals surface area contributed by atoms with Gasteiger partial charge in [0, 0.05) is 18.9 Å². The zero-order valence-corrected chi connectivity index (χ0v) is 17.9. The SMILES string of the molecule is N#Cc1ccc(CCCCNC(=O)C(CC(=O)OCc2ccccc2)n2cccc2)cc1. The van der Waals surface area contributed by atoms with Gasteiger partial charge in [0.25, 0.3) is 0 Å². The Hall–Kier alpha value is -3.85. The quantitative estimate of drug-likeness (QED) is 0.366. The number of carbonyl (C=O) groups is 2. The number of nitrogens with zero attached hydrogens (tertiary/aromatic N) is 2. The van der Waals surface area contributed by atoms with Crippen molar-refractivity contribution in [2.75, 3.05) is 6.54 Å². The second-order valence-corrected chi connectivity index (χ2v) is 7.55. The van der Waals surface area contributed by atoms with Crippen LogP contribution in [-0.2, 0) is 27.4 Å². The van der Waals surface area contributed by atoms with Crippen LogP contribution in [0.25, 0.3) is 0 Å². The topological polar surface area (TPSA) is 84.1 Å². The molecule has 164 valence electrons. The zero-order valence-electron chi connectivity index (χ0n) is 17.9. The van der Waals surface area contributed by atoms with Crippen LogP contribution < -0.4 is 5.32 Å². The summed E-state index contributed by atoms with van der Waals surface area (Å²) in [6.45, 7) is 0.723. The number of benzene rings is 2. The fourth-order valence-electron chi connectivity index (χ4n) is 3.37. The summed E-state index contributed by atoms with van der Waals surface area (Å²) >= 11 is 0. The van der Waals surface area contributed by atoms with Crippen LogP contribution in [-0.4, -0.2) is 23.0 Å². The van der Waals surface area contributed by atoms with E-state index in [1.807, 2.05) is 66.7 Å². The average Bonchev–Trinajstić information content (AvgIpc) is 3.36. The maximum atomic E-state index is 12.8. The number of unbranched alkanes of at least 4 members (excludes halogenated alkanes) is 1. The van der Waals surface area contributed by atoms with E-state index in [-0.39, 0.29) is 18.9 Å². The predicted octanol–water partition coefficient (Wildman–Crippen LogP) is 4.17. The fraction of sp³-hybridized carbons (Fsp3) is 0.269. The lowest BCUT2D eigenvalue weighted by Gasteiger charge is -2.18. The molecule has 0 aliphatic rings. The molecule has 0 bridgehead atoms. The molecule has 6 heteroatoms. The minimum atomic E-state index is -0.646. The number of esters is 1. The Bertz CT molecular complexity index is 1020. The van der Waals surface area contributed by atoms with Crippen molar-refractivity contribution in [3.8, 4) is 6.07 Å². The van der Waals surface area contributed by atoms with Crippen LogP contribution in [0.15, 0.2) is 79.1 Å². The Labute approximate surface area is 188 Å². The van der Waals surface area contributed by atoms with Crippen LogP contribution in [0.3, 0.4) is 0 Å². The number of rotatable bonds is 11. The molecule has 3 aromatic rings. The Morgan fingerprint density at radius 3 is 2.34 bits per heavy atom. The number of aryl methyl sites for hydroxylation is 1. The summed E-state index contributed by atoms with van der Waals surface area (Å²) in [5.74, 6) is -0.611. The summed E-state index contributed by atoms with van der Waals surface area (Å²) in [5.41, 5.74) is 2.73. The molecule has 0 saturated heterocycles. The molecule has 0 aliphatic heterocycles. The van der Waals surface area contributed by atoms with Crippen LogP contribution in [0.2, 0.25) is 0 Å². The van der Waals surface area contributed by atoms with Crippen molar-refractivity contribution in [1.82, 2.24) is 9.88 Å². The van der Waals surface area contributed by atoms with Gasteiger partial charge < -0.3 is 14.6 Å². The van der Waals surface area contributed by atoms with Crippen molar-refractivity contribution < 1.29 is 14.3 Å². The summed E-state index contributed by atoms with van der Waals surface area (Å²) in [6.07, 6.45) is 6.15. The number of nitrogens with one attached hydrogen (secondary N) is 1. The molecule has 0 saturated carbocycles. The highest BCUT2D eigenvalue weighted by Gasteiger charge is 2.23. The van der Waals surface area contributed by atoms with Gasteiger partial charge in [0.2, 0.25) is 5.91 Å². The molecule has 1 heterocycles. The van der Waals surface area contributed by atoms with Gasteiger partial charge in [-0.1, -0.05) is 42.5 Å². The fourth-order valence-corrected chi connectivity index (χ4v) is 3.37. The van der Waals surface area contributed by atoms with Gasteiger partial charge in [-0.25, -0.2) is 0 Å². The van der Waals surface area contributed by atoms with E-state index in [1.54, 1.807) is 17.0 Å². The first-order valence-electron chi connectivity index (χ1n) is 10.7. The first-order valence-corrected chi connectivity index (χ1v) is 10.7. The lowest BCUT2D eigenvalue weighted by molar-refractivity contribution is -0.147. The number of hydrogen-bond donors (Lipinski definition) is 1. The van der Waals surface area contributed by atoms with E-state index in [9.17, 15) is 9.59 Å². The lowest BCUT2D eigenvalue weighted by Crippen LogP contribution is -2.34. The van der Waals surface area contributed by atoms with Crippen LogP contribution in [0.5, 0.6) is 0 Å². The molecule has 0 fully saturated rings. The van der Waals surface area contributed by atoms with Crippen molar-refractivity contribution in [2.24, 2.45) is 0 Å². The van der Waals surface area contributed by atoms with Crippen LogP contribution >= 0.6 is 0 Å². The highest BCUT2D eigenvalue weighted by atomic mass is 16.5. The normalized spacial score (nSPS) is 11.3. The van der Waals surface area contributed by atoms with Crippen LogP contribution in [0.4, 0.5) is 0 Å². The number of nitriles is 1. The second-order valence-electron chi connectivity index (χ2n) is 7.55. The van der Waals surface area contributed by atoms with Gasteiger partial charge in [0.15, 0.2) is 0 Å². The van der Waals surface area contributed by atoms with E-state index in [2.05, 4.69) is 11.4 Å². The van der Waals surface area contributed by atoms with Crippen LogP contribution in [0.1, 0.15) is 42.0 Å². The number of ether oxygens (including phenoxy) is 1. The monoisotopic (exact) mass is 429 g/mol. The molecule has 1 atom stereocenters. The van der Waals surface area contributed by atoms with Gasteiger partial charge in [0.05, 0.1) is 18.1 Å². The molecule has 32 heavy (non-hydrogen) atoms. The molecule has 0 radical (unpaired) electrons. The predicted molar refractivity (Wildman–Crippen MR) is 121 cm³/mol. The largest absolute Gasteiger partial charge is 0.461 e. The lowest BCUT2D eigenvalue weighted by atomic mass is 10.1. The van der Waals surface area contributed by atoms with Gasteiger partial charge in [-0.15, -0.1) is 0 Å². The summed E-state index contributed by atoms with van der Waals surface area (Å²) in [6, 6.07) is 22.1. The van der Waals surface area contributed by atoms with Crippen molar-refractivity contribution in [3.63, 3.8) is 0 Å². The molecule has 0 aliphatic carbocycles. The molecule has 3 rings (SSSR count). The molecule has 2 aromatic carbocycles. The standard InChI is InChI=1S/C26H27N3O3/c27-19-22-13-11-21(12-14-22)8-4-5-15-28-26(31)24(29-16-6-7-17-29)18-25(30)32-20-23-9-2-1-3-10-23/h1-3,6-7,9-14,16-17,24H,4-5,8,15,18,20H2,(H,28,31). The van der Waals surface area contributed by atoms with Crippen molar-refractivity contribution in [3.05, 3.63) is 95.8 Å². The van der Waals surface area contributed by atoms with E-state index in [1.165, 1.54) is 5.56 Å². The Balaban J connectivity index is 1.44. The second kappa shape index (κ2) is 12.1. The van der Waals surface area contributed by atoms with Gasteiger partial charge >= 0.3 is 5.97 Å². The van der Waals surface area contributed by atoms with E-state index in [4.69, 9.17) is 10.00 Å². The van der Waals surface area contributed by atoms with Gasteiger partial charge in [-0.05, 0) is 54.7 Å². The van der Waals surface area contributed by atoms with E-state index in [0.29, 0.717) is 12.1 Å². The summed E-state index contributed by atoms with van der Waals surface area (Å²) < 4.78 is 7.09. The minimum absolute atomic E-state index is 0.0292. The van der Waals surface area contributed by atoms with Gasteiger partial charge in [0.1, 0.15) is 12.6 Å². The third-order valence-electron chi connectivity index (χ3n) is 5.17. The van der Waals surface area contributed by atoms with E-state index in [0.717, 1.165) is 24.8 Å². The number of aromatic nitrogens is 1. The molecule has 0 spiro atoms. The van der Waals surface area contributed by atoms with Crippen LogP contribution in [0, 0.1) is 11.3 Å². The third-order valence-corrected chi connectivity index (χ3v) is 5.17. The van der Waals surface area contributed by atoms with E-state index >= 15 is 0 Å². The average molecular weight is 430 g/mol. The highest BCUT2D eigenvalue weighted by Crippen LogP contribution is 2.15. The molecule has 1 unspecified atom stereocenters. The van der Waals surface area contributed by atoms with Crippen molar-refractivity contribution >= 4 is 11.9 Å². The van der Waals surface area contributed by atoms with Gasteiger partial charge in [-0.3, -0.25) is 9.59 Å².